The quantitative estimate of drug-likeness (QED) is 0.696. The minimum absolute atomic E-state index is 0.0217. The standard InChI is InChI=1S/C21H18F2N2O2/c22-17-7-6-15(13-18(17)23)21(26)25-11-8-16(9-12-25)27-19-5-1-3-14-4-2-10-24-20(14)19/h1-7,10,13,16H,8-9,11-12H2. The molecule has 0 bridgehead atoms. The molecule has 1 fully saturated rings. The first-order valence-corrected chi connectivity index (χ1v) is 8.86. The Bertz CT molecular complexity index is 980. The van der Waals surface area contributed by atoms with Crippen molar-refractivity contribution in [3.8, 4) is 5.75 Å². The average molecular weight is 368 g/mol. The van der Waals surface area contributed by atoms with Crippen molar-refractivity contribution in [2.75, 3.05) is 13.1 Å². The maximum Gasteiger partial charge on any atom is 0.253 e. The summed E-state index contributed by atoms with van der Waals surface area (Å²) in [7, 11) is 0. The molecule has 138 valence electrons. The highest BCUT2D eigenvalue weighted by Gasteiger charge is 2.25. The Morgan fingerprint density at radius 1 is 1.04 bits per heavy atom. The van der Waals surface area contributed by atoms with Crippen molar-refractivity contribution in [1.29, 1.82) is 0 Å². The van der Waals surface area contributed by atoms with Gasteiger partial charge in [0.15, 0.2) is 11.6 Å². The number of ether oxygens (including phenoxy) is 1. The number of piperidine rings is 1. The van der Waals surface area contributed by atoms with Gasteiger partial charge >= 0.3 is 0 Å². The molecule has 0 atom stereocenters. The third-order valence-electron chi connectivity index (χ3n) is 4.79. The minimum Gasteiger partial charge on any atom is -0.488 e. The fourth-order valence-corrected chi connectivity index (χ4v) is 3.34. The molecule has 3 aromatic rings. The van der Waals surface area contributed by atoms with Crippen LogP contribution in [0.1, 0.15) is 23.2 Å². The van der Waals surface area contributed by atoms with Gasteiger partial charge in [0.2, 0.25) is 0 Å². The number of hydrogen-bond acceptors (Lipinski definition) is 3. The smallest absolute Gasteiger partial charge is 0.253 e. The van der Waals surface area contributed by atoms with Crippen LogP contribution in [-0.4, -0.2) is 35.0 Å². The lowest BCUT2D eigenvalue weighted by molar-refractivity contribution is 0.0597. The van der Waals surface area contributed by atoms with Crippen LogP contribution >= 0.6 is 0 Å². The topological polar surface area (TPSA) is 42.4 Å². The van der Waals surface area contributed by atoms with Gasteiger partial charge in [-0.15, -0.1) is 0 Å². The van der Waals surface area contributed by atoms with Crippen molar-refractivity contribution >= 4 is 16.8 Å². The van der Waals surface area contributed by atoms with E-state index in [1.807, 2.05) is 30.3 Å². The molecule has 2 heterocycles. The Balaban J connectivity index is 1.41. The number of carbonyl (C=O) groups excluding carboxylic acids is 1. The number of halogens is 2. The predicted molar refractivity (Wildman–Crippen MR) is 97.7 cm³/mol. The first-order chi connectivity index (χ1) is 13.1. The molecule has 0 N–H and O–H groups in total. The van der Waals surface area contributed by atoms with Crippen molar-refractivity contribution in [3.05, 3.63) is 71.9 Å². The third-order valence-corrected chi connectivity index (χ3v) is 4.79. The van der Waals surface area contributed by atoms with Gasteiger partial charge in [-0.25, -0.2) is 8.78 Å². The second kappa shape index (κ2) is 7.31. The summed E-state index contributed by atoms with van der Waals surface area (Å²) < 4.78 is 32.5. The van der Waals surface area contributed by atoms with E-state index in [9.17, 15) is 13.6 Å². The van der Waals surface area contributed by atoms with Crippen LogP contribution in [0.5, 0.6) is 5.75 Å². The highest BCUT2D eigenvalue weighted by atomic mass is 19.2. The molecular weight excluding hydrogens is 350 g/mol. The molecule has 6 heteroatoms. The van der Waals surface area contributed by atoms with Gasteiger partial charge in [-0.2, -0.15) is 0 Å². The van der Waals surface area contributed by atoms with E-state index >= 15 is 0 Å². The van der Waals surface area contributed by atoms with Gasteiger partial charge in [0.25, 0.3) is 5.91 Å². The van der Waals surface area contributed by atoms with Crippen LogP contribution in [0.15, 0.2) is 54.7 Å². The Kier molecular flexibility index (Phi) is 4.71. The first-order valence-electron chi connectivity index (χ1n) is 8.86. The fraction of sp³-hybridized carbons (Fsp3) is 0.238. The largest absolute Gasteiger partial charge is 0.488 e. The molecule has 0 radical (unpaired) electrons. The maximum absolute atomic E-state index is 13.4. The van der Waals surface area contributed by atoms with E-state index in [1.54, 1.807) is 11.1 Å². The summed E-state index contributed by atoms with van der Waals surface area (Å²) in [5.41, 5.74) is 0.979. The summed E-state index contributed by atoms with van der Waals surface area (Å²) >= 11 is 0. The number of benzene rings is 2. The Morgan fingerprint density at radius 3 is 2.59 bits per heavy atom. The van der Waals surface area contributed by atoms with Crippen molar-refractivity contribution in [2.45, 2.75) is 18.9 Å². The van der Waals surface area contributed by atoms with Crippen LogP contribution in [0.2, 0.25) is 0 Å². The van der Waals surface area contributed by atoms with Crippen LogP contribution in [0.3, 0.4) is 0 Å². The summed E-state index contributed by atoms with van der Waals surface area (Å²) in [5.74, 6) is -1.53. The first kappa shape index (κ1) is 17.4. The second-order valence-electron chi connectivity index (χ2n) is 6.57. The number of aromatic nitrogens is 1. The number of hydrogen-bond donors (Lipinski definition) is 0. The lowest BCUT2D eigenvalue weighted by Gasteiger charge is -2.32. The van der Waals surface area contributed by atoms with Gasteiger partial charge in [0.1, 0.15) is 17.4 Å². The van der Waals surface area contributed by atoms with Crippen LogP contribution in [-0.2, 0) is 0 Å². The molecule has 4 nitrogen and oxygen atoms in total. The van der Waals surface area contributed by atoms with E-state index in [0.717, 1.165) is 28.8 Å². The number of carbonyl (C=O) groups is 1. The molecule has 1 aromatic heterocycles. The van der Waals surface area contributed by atoms with Crippen LogP contribution < -0.4 is 4.74 Å². The van der Waals surface area contributed by atoms with Gasteiger partial charge in [-0.05, 0) is 30.3 Å². The van der Waals surface area contributed by atoms with E-state index in [0.29, 0.717) is 25.9 Å². The molecule has 1 amide bonds. The minimum atomic E-state index is -1.01. The number of rotatable bonds is 3. The summed E-state index contributed by atoms with van der Waals surface area (Å²) in [6.07, 6.45) is 3.04. The molecule has 1 aliphatic rings. The molecule has 0 aliphatic carbocycles. The number of para-hydroxylation sites is 1. The van der Waals surface area contributed by atoms with Gasteiger partial charge in [-0.1, -0.05) is 18.2 Å². The van der Waals surface area contributed by atoms with E-state index < -0.39 is 11.6 Å². The predicted octanol–water partition coefficient (Wildman–Crippen LogP) is 4.20. The molecule has 0 spiro atoms. The average Bonchev–Trinajstić information content (AvgIpc) is 2.70. The maximum atomic E-state index is 13.4. The van der Waals surface area contributed by atoms with Gasteiger partial charge in [0, 0.05) is 43.1 Å². The van der Waals surface area contributed by atoms with E-state index in [-0.39, 0.29) is 17.6 Å². The SMILES string of the molecule is O=C(c1ccc(F)c(F)c1)N1CCC(Oc2cccc3cccnc23)CC1. The molecule has 1 aliphatic heterocycles. The van der Waals surface area contributed by atoms with Crippen LogP contribution in [0, 0.1) is 11.6 Å². The second-order valence-corrected chi connectivity index (χ2v) is 6.57. The number of nitrogens with zero attached hydrogens (tertiary/aromatic N) is 2. The highest BCUT2D eigenvalue weighted by molar-refractivity contribution is 5.94. The van der Waals surface area contributed by atoms with Gasteiger partial charge in [-0.3, -0.25) is 9.78 Å². The van der Waals surface area contributed by atoms with Crippen LogP contribution in [0.25, 0.3) is 10.9 Å². The third kappa shape index (κ3) is 3.60. The molecular formula is C21H18F2N2O2. The van der Waals surface area contributed by atoms with E-state index in [1.165, 1.54) is 6.07 Å². The van der Waals surface area contributed by atoms with E-state index in [2.05, 4.69) is 4.98 Å². The van der Waals surface area contributed by atoms with Gasteiger partial charge in [0.05, 0.1) is 0 Å². The van der Waals surface area contributed by atoms with Gasteiger partial charge < -0.3 is 9.64 Å². The van der Waals surface area contributed by atoms with E-state index in [4.69, 9.17) is 4.74 Å². The fourth-order valence-electron chi connectivity index (χ4n) is 3.34. The summed E-state index contributed by atoms with van der Waals surface area (Å²) in [6, 6.07) is 12.9. The van der Waals surface area contributed by atoms with Crippen molar-refractivity contribution in [2.24, 2.45) is 0 Å². The summed E-state index contributed by atoms with van der Waals surface area (Å²) in [5, 5.41) is 1.01. The van der Waals surface area contributed by atoms with Crippen molar-refractivity contribution < 1.29 is 18.3 Å². The molecule has 27 heavy (non-hydrogen) atoms. The Morgan fingerprint density at radius 2 is 1.81 bits per heavy atom. The number of fused-ring (bicyclic) bond motifs is 1. The highest BCUT2D eigenvalue weighted by Crippen LogP contribution is 2.26. The zero-order valence-electron chi connectivity index (χ0n) is 14.6. The summed E-state index contributed by atoms with van der Waals surface area (Å²) in [6.45, 7) is 1.00. The molecule has 0 unspecified atom stereocenters. The molecule has 4 rings (SSSR count). The lowest BCUT2D eigenvalue weighted by Crippen LogP contribution is -2.41. The van der Waals surface area contributed by atoms with Crippen molar-refractivity contribution in [3.63, 3.8) is 0 Å². The Labute approximate surface area is 155 Å². The zero-order valence-corrected chi connectivity index (χ0v) is 14.6. The molecule has 0 saturated carbocycles. The molecule has 1 saturated heterocycles. The van der Waals surface area contributed by atoms with Crippen LogP contribution in [0.4, 0.5) is 8.78 Å². The monoisotopic (exact) mass is 368 g/mol. The summed E-state index contributed by atoms with van der Waals surface area (Å²) in [4.78, 5) is 18.5. The normalized spacial score (nSPS) is 15.1. The van der Waals surface area contributed by atoms with Crippen molar-refractivity contribution in [1.82, 2.24) is 9.88 Å². The number of amides is 1. The zero-order chi connectivity index (χ0) is 18.8. The number of likely N-dealkylation sites (tertiary alicyclic amines) is 1. The molecule has 2 aromatic carbocycles. The lowest BCUT2D eigenvalue weighted by atomic mass is 10.1. The Hall–Kier alpha value is -3.02. The number of pyridine rings is 1.